The zero-order valence-corrected chi connectivity index (χ0v) is 12.1. The molecule has 0 saturated carbocycles. The average molecular weight is 277 g/mol. The summed E-state index contributed by atoms with van der Waals surface area (Å²) in [6.07, 6.45) is 2.86. The minimum Gasteiger partial charge on any atom is -0.354 e. The normalized spacial score (nSPS) is 10.4. The van der Waals surface area contributed by atoms with Gasteiger partial charge in [-0.05, 0) is 34.5 Å². The molecule has 0 radical (unpaired) electrons. The van der Waals surface area contributed by atoms with Crippen LogP contribution in [-0.2, 0) is 20.0 Å². The van der Waals surface area contributed by atoms with Crippen molar-refractivity contribution in [2.24, 2.45) is 7.05 Å². The van der Waals surface area contributed by atoms with Gasteiger partial charge in [0.1, 0.15) is 0 Å². The molecule has 0 aliphatic carbocycles. The lowest BCUT2D eigenvalue weighted by molar-refractivity contribution is 0.207. The summed E-state index contributed by atoms with van der Waals surface area (Å²) in [5, 5.41) is 7.02. The number of amides is 2. The van der Waals surface area contributed by atoms with Gasteiger partial charge in [0.05, 0.1) is 0 Å². The third-order valence-electron chi connectivity index (χ3n) is 3.06. The van der Waals surface area contributed by atoms with Crippen molar-refractivity contribution in [1.29, 1.82) is 0 Å². The van der Waals surface area contributed by atoms with Crippen molar-refractivity contribution in [1.82, 2.24) is 14.8 Å². The van der Waals surface area contributed by atoms with Gasteiger partial charge in [-0.2, -0.15) is 11.3 Å². The van der Waals surface area contributed by atoms with E-state index in [4.69, 9.17) is 0 Å². The van der Waals surface area contributed by atoms with Crippen LogP contribution in [0.1, 0.15) is 11.3 Å². The molecule has 102 valence electrons. The van der Waals surface area contributed by atoms with Crippen LogP contribution in [0.5, 0.6) is 0 Å². The van der Waals surface area contributed by atoms with Crippen molar-refractivity contribution in [2.45, 2.75) is 13.0 Å². The average Bonchev–Trinajstić information content (AvgIpc) is 3.02. The van der Waals surface area contributed by atoms with Gasteiger partial charge in [0.25, 0.3) is 0 Å². The van der Waals surface area contributed by atoms with Gasteiger partial charge in [0.15, 0.2) is 0 Å². The first kappa shape index (κ1) is 13.7. The highest BCUT2D eigenvalue weighted by Gasteiger charge is 2.08. The third kappa shape index (κ3) is 3.86. The van der Waals surface area contributed by atoms with Gasteiger partial charge in [-0.25, -0.2) is 4.79 Å². The van der Waals surface area contributed by atoms with E-state index >= 15 is 0 Å². The van der Waals surface area contributed by atoms with E-state index in [1.165, 1.54) is 11.3 Å². The quantitative estimate of drug-likeness (QED) is 0.895. The number of hydrogen-bond acceptors (Lipinski definition) is 2. The summed E-state index contributed by atoms with van der Waals surface area (Å²) in [6, 6.07) is 6.10. The van der Waals surface area contributed by atoms with Crippen molar-refractivity contribution >= 4 is 17.4 Å². The highest BCUT2D eigenvalue weighted by Crippen LogP contribution is 2.08. The predicted octanol–water partition coefficient (Wildman–Crippen LogP) is 2.47. The van der Waals surface area contributed by atoms with Gasteiger partial charge in [0.2, 0.25) is 0 Å². The molecule has 2 rings (SSSR count). The van der Waals surface area contributed by atoms with Gasteiger partial charge >= 0.3 is 6.03 Å². The number of aromatic nitrogens is 1. The van der Waals surface area contributed by atoms with Crippen molar-refractivity contribution in [3.8, 4) is 0 Å². The zero-order chi connectivity index (χ0) is 13.7. The van der Waals surface area contributed by atoms with E-state index in [-0.39, 0.29) is 6.03 Å². The lowest BCUT2D eigenvalue weighted by Gasteiger charge is -2.17. The molecule has 0 spiro atoms. The Labute approximate surface area is 117 Å². The molecule has 0 fully saturated rings. The summed E-state index contributed by atoms with van der Waals surface area (Å²) in [5.74, 6) is 0. The SMILES string of the molecule is CN(Cc1ccsc1)C(=O)NCCc1cccn1C. The molecule has 2 heterocycles. The van der Waals surface area contributed by atoms with Gasteiger partial charge in [-0.15, -0.1) is 0 Å². The van der Waals surface area contributed by atoms with E-state index in [0.717, 1.165) is 6.42 Å². The number of urea groups is 1. The van der Waals surface area contributed by atoms with Crippen molar-refractivity contribution in [2.75, 3.05) is 13.6 Å². The summed E-state index contributed by atoms with van der Waals surface area (Å²) >= 11 is 1.65. The molecule has 19 heavy (non-hydrogen) atoms. The fourth-order valence-electron chi connectivity index (χ4n) is 1.92. The summed E-state index contributed by atoms with van der Waals surface area (Å²) in [6.45, 7) is 1.31. The highest BCUT2D eigenvalue weighted by atomic mass is 32.1. The maximum absolute atomic E-state index is 11.9. The Balaban J connectivity index is 1.73. The molecule has 0 unspecified atom stereocenters. The molecular formula is C14H19N3OS. The van der Waals surface area contributed by atoms with Crippen LogP contribution in [0.4, 0.5) is 4.79 Å². The molecule has 0 saturated heterocycles. The number of nitrogens with one attached hydrogen (secondary N) is 1. The Morgan fingerprint density at radius 3 is 2.95 bits per heavy atom. The number of hydrogen-bond donors (Lipinski definition) is 1. The van der Waals surface area contributed by atoms with Crippen LogP contribution in [0.3, 0.4) is 0 Å². The Hall–Kier alpha value is -1.75. The molecular weight excluding hydrogens is 258 g/mol. The molecule has 2 aromatic heterocycles. The standard InChI is InChI=1S/C14H19N3OS/c1-16-8-3-4-13(16)5-7-15-14(18)17(2)10-12-6-9-19-11-12/h3-4,6,8-9,11H,5,7,10H2,1-2H3,(H,15,18). The van der Waals surface area contributed by atoms with Gasteiger partial charge < -0.3 is 14.8 Å². The van der Waals surface area contributed by atoms with Gasteiger partial charge in [-0.1, -0.05) is 0 Å². The van der Waals surface area contributed by atoms with Gasteiger partial charge in [0, 0.05) is 45.5 Å². The molecule has 0 aliphatic heterocycles. The van der Waals surface area contributed by atoms with Crippen molar-refractivity contribution in [3.63, 3.8) is 0 Å². The number of carbonyl (C=O) groups is 1. The van der Waals surface area contributed by atoms with E-state index < -0.39 is 0 Å². The number of rotatable bonds is 5. The zero-order valence-electron chi connectivity index (χ0n) is 11.3. The van der Waals surface area contributed by atoms with Crippen LogP contribution in [0.25, 0.3) is 0 Å². The maximum atomic E-state index is 11.9. The van der Waals surface area contributed by atoms with Gasteiger partial charge in [-0.3, -0.25) is 0 Å². The fourth-order valence-corrected chi connectivity index (χ4v) is 2.58. The second-order valence-electron chi connectivity index (χ2n) is 4.58. The van der Waals surface area contributed by atoms with Crippen LogP contribution in [0.2, 0.25) is 0 Å². The molecule has 2 aromatic rings. The minimum atomic E-state index is -0.0274. The number of nitrogens with zero attached hydrogens (tertiary/aromatic N) is 2. The van der Waals surface area contributed by atoms with Crippen LogP contribution in [-0.4, -0.2) is 29.1 Å². The molecule has 0 aromatic carbocycles. The maximum Gasteiger partial charge on any atom is 0.317 e. The first-order valence-electron chi connectivity index (χ1n) is 6.27. The van der Waals surface area contributed by atoms with Crippen LogP contribution >= 0.6 is 11.3 Å². The van der Waals surface area contributed by atoms with E-state index in [1.807, 2.05) is 37.8 Å². The number of carbonyl (C=O) groups excluding carboxylic acids is 1. The molecule has 2 amide bonds. The Morgan fingerprint density at radius 1 is 1.47 bits per heavy atom. The second-order valence-corrected chi connectivity index (χ2v) is 5.36. The lowest BCUT2D eigenvalue weighted by Crippen LogP contribution is -2.37. The third-order valence-corrected chi connectivity index (χ3v) is 3.79. The monoisotopic (exact) mass is 277 g/mol. The van der Waals surface area contributed by atoms with E-state index in [2.05, 4.69) is 21.3 Å². The predicted molar refractivity (Wildman–Crippen MR) is 78.3 cm³/mol. The Morgan fingerprint density at radius 2 is 2.32 bits per heavy atom. The van der Waals surface area contributed by atoms with E-state index in [0.29, 0.717) is 13.1 Å². The second kappa shape index (κ2) is 6.43. The minimum absolute atomic E-state index is 0.0274. The lowest BCUT2D eigenvalue weighted by atomic mass is 10.3. The van der Waals surface area contributed by atoms with Crippen LogP contribution in [0, 0.1) is 0 Å². The molecule has 5 heteroatoms. The largest absolute Gasteiger partial charge is 0.354 e. The topological polar surface area (TPSA) is 37.3 Å². The molecule has 0 atom stereocenters. The molecule has 1 N–H and O–H groups in total. The Kier molecular flexibility index (Phi) is 4.63. The Bertz CT molecular complexity index is 519. The summed E-state index contributed by atoms with van der Waals surface area (Å²) in [7, 11) is 3.83. The number of aryl methyl sites for hydroxylation is 1. The van der Waals surface area contributed by atoms with Crippen LogP contribution in [0.15, 0.2) is 35.2 Å². The van der Waals surface area contributed by atoms with Crippen molar-refractivity contribution < 1.29 is 4.79 Å². The first-order valence-corrected chi connectivity index (χ1v) is 7.21. The summed E-state index contributed by atoms with van der Waals surface area (Å²) in [5.41, 5.74) is 2.39. The highest BCUT2D eigenvalue weighted by molar-refractivity contribution is 7.07. The molecule has 4 nitrogen and oxygen atoms in total. The van der Waals surface area contributed by atoms with E-state index in [1.54, 1.807) is 16.2 Å². The summed E-state index contributed by atoms with van der Waals surface area (Å²) < 4.78 is 2.07. The summed E-state index contributed by atoms with van der Waals surface area (Å²) in [4.78, 5) is 13.6. The van der Waals surface area contributed by atoms with Crippen molar-refractivity contribution in [3.05, 3.63) is 46.4 Å². The fraction of sp³-hybridized carbons (Fsp3) is 0.357. The van der Waals surface area contributed by atoms with Crippen LogP contribution < -0.4 is 5.32 Å². The molecule has 0 bridgehead atoms. The number of thiophene rings is 1. The molecule has 0 aliphatic rings. The smallest absolute Gasteiger partial charge is 0.317 e. The first-order chi connectivity index (χ1) is 9.16. The van der Waals surface area contributed by atoms with E-state index in [9.17, 15) is 4.79 Å².